The zero-order chi connectivity index (χ0) is 15.2. The second kappa shape index (κ2) is 7.56. The highest BCUT2D eigenvalue weighted by atomic mass is 16.1. The summed E-state index contributed by atoms with van der Waals surface area (Å²) in [5, 5.41) is 4.30. The summed E-state index contributed by atoms with van der Waals surface area (Å²) in [4.78, 5) is 16.6. The molecule has 1 aliphatic heterocycles. The van der Waals surface area contributed by atoms with Gasteiger partial charge in [-0.2, -0.15) is 5.10 Å². The number of aryl methyl sites for hydroxylation is 1. The van der Waals surface area contributed by atoms with Gasteiger partial charge in [0.05, 0.1) is 11.9 Å². The average Bonchev–Trinajstić information content (AvgIpc) is 2.49. The predicted molar refractivity (Wildman–Crippen MR) is 85.7 cm³/mol. The van der Waals surface area contributed by atoms with Crippen LogP contribution in [0.3, 0.4) is 0 Å². The van der Waals surface area contributed by atoms with Crippen molar-refractivity contribution in [1.29, 1.82) is 0 Å². The molecule has 118 valence electrons. The number of anilines is 1. The smallest absolute Gasteiger partial charge is 0.268 e. The van der Waals surface area contributed by atoms with Crippen LogP contribution in [-0.2, 0) is 6.54 Å². The van der Waals surface area contributed by atoms with Crippen LogP contribution in [0.5, 0.6) is 0 Å². The van der Waals surface area contributed by atoms with Crippen LogP contribution in [0, 0.1) is 0 Å². The standard InChI is InChI=1S/C15H27N5O/c1-3-13(16)5-4-6-20-15(21)11-14(12-17-20)19-9-7-18(2)8-10-19/h11-13H,3-10,16H2,1-2H3. The molecule has 2 heterocycles. The monoisotopic (exact) mass is 293 g/mol. The maximum Gasteiger partial charge on any atom is 0.268 e. The Kier molecular flexibility index (Phi) is 5.76. The first-order chi connectivity index (χ1) is 10.1. The molecule has 0 bridgehead atoms. The molecular weight excluding hydrogens is 266 g/mol. The molecule has 1 saturated heterocycles. The number of hydrogen-bond donors (Lipinski definition) is 1. The number of aromatic nitrogens is 2. The van der Waals surface area contributed by atoms with E-state index in [4.69, 9.17) is 5.73 Å². The van der Waals surface area contributed by atoms with Gasteiger partial charge in [-0.1, -0.05) is 6.92 Å². The van der Waals surface area contributed by atoms with Gasteiger partial charge >= 0.3 is 0 Å². The summed E-state index contributed by atoms with van der Waals surface area (Å²) in [6.45, 7) is 6.69. The second-order valence-electron chi connectivity index (χ2n) is 5.88. The van der Waals surface area contributed by atoms with Gasteiger partial charge in [-0.3, -0.25) is 4.79 Å². The van der Waals surface area contributed by atoms with Gasteiger partial charge in [-0.05, 0) is 26.3 Å². The van der Waals surface area contributed by atoms with Crippen molar-refractivity contribution in [3.8, 4) is 0 Å². The third kappa shape index (κ3) is 4.54. The number of piperazine rings is 1. The summed E-state index contributed by atoms with van der Waals surface area (Å²) in [6.07, 6.45) is 4.62. The van der Waals surface area contributed by atoms with Crippen molar-refractivity contribution >= 4 is 5.69 Å². The zero-order valence-electron chi connectivity index (χ0n) is 13.2. The summed E-state index contributed by atoms with van der Waals surface area (Å²) < 4.78 is 1.54. The third-order valence-electron chi connectivity index (χ3n) is 4.19. The minimum Gasteiger partial charge on any atom is -0.368 e. The van der Waals surface area contributed by atoms with Crippen molar-refractivity contribution < 1.29 is 0 Å². The highest BCUT2D eigenvalue weighted by Crippen LogP contribution is 2.12. The van der Waals surface area contributed by atoms with Crippen LogP contribution < -0.4 is 16.2 Å². The Balaban J connectivity index is 1.93. The number of hydrogen-bond acceptors (Lipinski definition) is 5. The molecule has 1 aliphatic rings. The number of rotatable bonds is 6. The van der Waals surface area contributed by atoms with Crippen LogP contribution in [0.25, 0.3) is 0 Å². The maximum atomic E-state index is 12.1. The van der Waals surface area contributed by atoms with Crippen molar-refractivity contribution in [3.05, 3.63) is 22.6 Å². The van der Waals surface area contributed by atoms with Crippen molar-refractivity contribution in [1.82, 2.24) is 14.7 Å². The first kappa shape index (κ1) is 16.0. The van der Waals surface area contributed by atoms with Crippen molar-refractivity contribution in [2.24, 2.45) is 5.73 Å². The Bertz CT molecular complexity index is 493. The molecule has 21 heavy (non-hydrogen) atoms. The SMILES string of the molecule is CCC(N)CCCn1ncc(N2CCN(C)CC2)cc1=O. The van der Waals surface area contributed by atoms with Gasteiger partial charge in [0, 0.05) is 44.8 Å². The molecule has 0 spiro atoms. The lowest BCUT2D eigenvalue weighted by Crippen LogP contribution is -2.45. The largest absolute Gasteiger partial charge is 0.368 e. The van der Waals surface area contributed by atoms with E-state index in [1.807, 2.05) is 6.20 Å². The van der Waals surface area contributed by atoms with Crippen molar-refractivity contribution in [3.63, 3.8) is 0 Å². The van der Waals surface area contributed by atoms with Gasteiger partial charge in [0.1, 0.15) is 0 Å². The van der Waals surface area contributed by atoms with E-state index < -0.39 is 0 Å². The minimum atomic E-state index is -0.0171. The Morgan fingerprint density at radius 2 is 2.05 bits per heavy atom. The molecule has 6 heteroatoms. The van der Waals surface area contributed by atoms with Crippen LogP contribution >= 0.6 is 0 Å². The number of nitrogens with zero attached hydrogens (tertiary/aromatic N) is 4. The zero-order valence-corrected chi connectivity index (χ0v) is 13.2. The van der Waals surface area contributed by atoms with E-state index >= 15 is 0 Å². The minimum absolute atomic E-state index is 0.0171. The predicted octanol–water partition coefficient (Wildman–Crippen LogP) is 0.513. The van der Waals surface area contributed by atoms with Crippen LogP contribution in [-0.4, -0.2) is 53.9 Å². The lowest BCUT2D eigenvalue weighted by Gasteiger charge is -2.33. The summed E-state index contributed by atoms with van der Waals surface area (Å²) in [5.41, 5.74) is 6.81. The van der Waals surface area contributed by atoms with Gasteiger partial charge in [0.25, 0.3) is 5.56 Å². The normalized spacial score (nSPS) is 18.0. The Hall–Kier alpha value is -1.40. The molecule has 0 radical (unpaired) electrons. The van der Waals surface area contributed by atoms with Crippen molar-refractivity contribution in [2.45, 2.75) is 38.8 Å². The quantitative estimate of drug-likeness (QED) is 0.828. The molecule has 0 aliphatic carbocycles. The molecular formula is C15H27N5O. The highest BCUT2D eigenvalue weighted by molar-refractivity contribution is 5.43. The van der Waals surface area contributed by atoms with Crippen LogP contribution in [0.4, 0.5) is 5.69 Å². The average molecular weight is 293 g/mol. The summed E-state index contributed by atoms with van der Waals surface area (Å²) in [6, 6.07) is 1.93. The summed E-state index contributed by atoms with van der Waals surface area (Å²) in [7, 11) is 2.12. The summed E-state index contributed by atoms with van der Waals surface area (Å²) >= 11 is 0. The van der Waals surface area contributed by atoms with Gasteiger partial charge in [-0.25, -0.2) is 4.68 Å². The van der Waals surface area contributed by atoms with Crippen LogP contribution in [0.2, 0.25) is 0 Å². The first-order valence-electron chi connectivity index (χ1n) is 7.86. The molecule has 6 nitrogen and oxygen atoms in total. The number of nitrogens with two attached hydrogens (primary N) is 1. The fraction of sp³-hybridized carbons (Fsp3) is 0.733. The van der Waals surface area contributed by atoms with Crippen LogP contribution in [0.1, 0.15) is 26.2 Å². The fourth-order valence-corrected chi connectivity index (χ4v) is 2.54. The second-order valence-corrected chi connectivity index (χ2v) is 5.88. The molecule has 1 fully saturated rings. The Morgan fingerprint density at radius 1 is 1.33 bits per heavy atom. The molecule has 1 atom stereocenters. The topological polar surface area (TPSA) is 67.4 Å². The Labute approximate surface area is 126 Å². The highest BCUT2D eigenvalue weighted by Gasteiger charge is 2.15. The molecule has 0 aromatic carbocycles. The molecule has 1 aromatic rings. The Morgan fingerprint density at radius 3 is 2.67 bits per heavy atom. The van der Waals surface area contributed by atoms with E-state index in [1.54, 1.807) is 10.7 Å². The van der Waals surface area contributed by atoms with Crippen molar-refractivity contribution in [2.75, 3.05) is 38.1 Å². The number of likely N-dealkylation sites (N-methyl/N-ethyl adjacent to an activating group) is 1. The third-order valence-corrected chi connectivity index (χ3v) is 4.19. The lowest BCUT2D eigenvalue weighted by molar-refractivity contribution is 0.312. The van der Waals surface area contributed by atoms with E-state index in [1.165, 1.54) is 0 Å². The lowest BCUT2D eigenvalue weighted by atomic mass is 10.1. The molecule has 2 N–H and O–H groups in total. The first-order valence-corrected chi connectivity index (χ1v) is 7.86. The van der Waals surface area contributed by atoms with E-state index in [9.17, 15) is 4.79 Å². The maximum absolute atomic E-state index is 12.1. The van der Waals surface area contributed by atoms with E-state index in [0.29, 0.717) is 6.54 Å². The molecule has 0 saturated carbocycles. The fourth-order valence-electron chi connectivity index (χ4n) is 2.54. The van der Waals surface area contributed by atoms with Crippen LogP contribution in [0.15, 0.2) is 17.1 Å². The molecule has 2 rings (SSSR count). The van der Waals surface area contributed by atoms with Gasteiger partial charge in [0.15, 0.2) is 0 Å². The van der Waals surface area contributed by atoms with E-state index in [2.05, 4.69) is 28.9 Å². The molecule has 0 amide bonds. The van der Waals surface area contributed by atoms with Gasteiger partial charge in [0.2, 0.25) is 0 Å². The van der Waals surface area contributed by atoms with Gasteiger partial charge < -0.3 is 15.5 Å². The summed E-state index contributed by atoms with van der Waals surface area (Å²) in [5.74, 6) is 0. The molecule has 1 unspecified atom stereocenters. The van der Waals surface area contributed by atoms with Gasteiger partial charge in [-0.15, -0.1) is 0 Å². The molecule has 1 aromatic heterocycles. The van der Waals surface area contributed by atoms with E-state index in [0.717, 1.165) is 51.1 Å². The van der Waals surface area contributed by atoms with E-state index in [-0.39, 0.29) is 11.6 Å².